The second-order valence-corrected chi connectivity index (χ2v) is 5.12. The topological polar surface area (TPSA) is 84.9 Å². The number of aliphatic hydroxyl groups excluding tert-OH is 1. The molecule has 2 N–H and O–H groups in total. The summed E-state index contributed by atoms with van der Waals surface area (Å²) in [7, 11) is 0. The minimum atomic E-state index is -0.888. The number of hydrogen-bond acceptors (Lipinski definition) is 5. The van der Waals surface area contributed by atoms with E-state index in [1.54, 1.807) is 24.3 Å². The molecule has 0 bridgehead atoms. The van der Waals surface area contributed by atoms with E-state index in [0.717, 1.165) is 5.56 Å². The molecule has 0 aliphatic carbocycles. The third kappa shape index (κ3) is 5.73. The van der Waals surface area contributed by atoms with E-state index in [1.165, 1.54) is 6.92 Å². The van der Waals surface area contributed by atoms with Gasteiger partial charge in [-0.1, -0.05) is 42.5 Å². The van der Waals surface area contributed by atoms with Crippen LogP contribution in [0, 0.1) is 0 Å². The van der Waals surface area contributed by atoms with Crippen molar-refractivity contribution in [3.63, 3.8) is 0 Å². The Kier molecular flexibility index (Phi) is 6.33. The largest absolute Gasteiger partial charge is 0.445 e. The first-order valence-electron chi connectivity index (χ1n) is 7.45. The van der Waals surface area contributed by atoms with E-state index in [9.17, 15) is 14.7 Å². The third-order valence-electron chi connectivity index (χ3n) is 3.18. The number of hydrogen-bond donors (Lipinski definition) is 2. The van der Waals surface area contributed by atoms with Crippen LogP contribution in [-0.4, -0.2) is 23.7 Å². The summed E-state index contributed by atoms with van der Waals surface area (Å²) < 4.78 is 9.97. The van der Waals surface area contributed by atoms with Gasteiger partial charge in [-0.25, -0.2) is 4.79 Å². The van der Waals surface area contributed by atoms with E-state index in [-0.39, 0.29) is 13.2 Å². The van der Waals surface area contributed by atoms with Crippen LogP contribution in [0.15, 0.2) is 54.6 Å². The number of esters is 1. The maximum absolute atomic E-state index is 11.6. The molecular weight excluding hydrogens is 310 g/mol. The van der Waals surface area contributed by atoms with Gasteiger partial charge < -0.3 is 19.9 Å². The number of nitrogens with one attached hydrogen (secondary N) is 1. The Morgan fingerprint density at radius 3 is 2.38 bits per heavy atom. The van der Waals surface area contributed by atoms with Crippen LogP contribution in [0.1, 0.15) is 24.2 Å². The van der Waals surface area contributed by atoms with Crippen LogP contribution in [0.4, 0.5) is 4.79 Å². The molecule has 0 aromatic heterocycles. The number of carbonyl (C=O) groups is 2. The summed E-state index contributed by atoms with van der Waals surface area (Å²) in [4.78, 5) is 22.5. The molecule has 6 heteroatoms. The fraction of sp³-hybridized carbons (Fsp3) is 0.222. The lowest BCUT2D eigenvalue weighted by atomic mass is 10.1. The number of aliphatic hydroxyl groups is 1. The Hall–Kier alpha value is -2.86. The Morgan fingerprint density at radius 2 is 1.75 bits per heavy atom. The highest BCUT2D eigenvalue weighted by Gasteiger charge is 2.11. The SMILES string of the molecule is CC(=O)Oc1ccc([C@H](O)CNC(=O)OCc2ccccc2)cc1. The maximum atomic E-state index is 11.6. The molecule has 6 nitrogen and oxygen atoms in total. The van der Waals surface area contributed by atoms with E-state index in [1.807, 2.05) is 30.3 Å². The summed E-state index contributed by atoms with van der Waals surface area (Å²) >= 11 is 0. The van der Waals surface area contributed by atoms with E-state index in [0.29, 0.717) is 11.3 Å². The van der Waals surface area contributed by atoms with Crippen molar-refractivity contribution in [2.75, 3.05) is 6.54 Å². The van der Waals surface area contributed by atoms with Crippen molar-refractivity contribution in [3.05, 3.63) is 65.7 Å². The Balaban J connectivity index is 1.76. The zero-order chi connectivity index (χ0) is 17.4. The number of amides is 1. The molecule has 2 aromatic carbocycles. The van der Waals surface area contributed by atoms with Crippen molar-refractivity contribution in [3.8, 4) is 5.75 Å². The van der Waals surface area contributed by atoms with Crippen LogP contribution < -0.4 is 10.1 Å². The standard InChI is InChI=1S/C18H19NO5/c1-13(20)24-16-9-7-15(8-10-16)17(21)11-19-18(22)23-12-14-5-3-2-4-6-14/h2-10,17,21H,11-12H2,1H3,(H,19,22)/t17-/m1/s1. The lowest BCUT2D eigenvalue weighted by Gasteiger charge is -2.13. The van der Waals surface area contributed by atoms with Crippen molar-refractivity contribution in [1.29, 1.82) is 0 Å². The van der Waals surface area contributed by atoms with Gasteiger partial charge in [0.1, 0.15) is 12.4 Å². The molecular formula is C18H19NO5. The number of benzene rings is 2. The highest BCUT2D eigenvalue weighted by atomic mass is 16.5. The summed E-state index contributed by atoms with van der Waals surface area (Å²) in [6.45, 7) is 1.49. The summed E-state index contributed by atoms with van der Waals surface area (Å²) in [5.41, 5.74) is 1.48. The molecule has 0 aliphatic rings. The van der Waals surface area contributed by atoms with E-state index < -0.39 is 18.2 Å². The van der Waals surface area contributed by atoms with Crippen LogP contribution in [0.5, 0.6) is 5.75 Å². The van der Waals surface area contributed by atoms with Gasteiger partial charge in [0, 0.05) is 6.92 Å². The molecule has 0 radical (unpaired) electrons. The van der Waals surface area contributed by atoms with Crippen LogP contribution in [-0.2, 0) is 16.1 Å². The van der Waals surface area contributed by atoms with Gasteiger partial charge in [0.15, 0.2) is 0 Å². The van der Waals surface area contributed by atoms with E-state index >= 15 is 0 Å². The zero-order valence-corrected chi connectivity index (χ0v) is 13.3. The Labute approximate surface area is 140 Å². The minimum Gasteiger partial charge on any atom is -0.445 e. The lowest BCUT2D eigenvalue weighted by molar-refractivity contribution is -0.131. The molecule has 0 aliphatic heterocycles. The minimum absolute atomic E-state index is 0.0144. The first-order chi connectivity index (χ1) is 11.5. The highest BCUT2D eigenvalue weighted by molar-refractivity contribution is 5.69. The normalized spacial score (nSPS) is 11.4. The molecule has 1 amide bonds. The summed E-state index contributed by atoms with van der Waals surface area (Å²) in [5, 5.41) is 12.6. The molecule has 0 fully saturated rings. The zero-order valence-electron chi connectivity index (χ0n) is 13.3. The predicted octanol–water partition coefficient (Wildman–Crippen LogP) is 2.57. The molecule has 126 valence electrons. The first-order valence-corrected chi connectivity index (χ1v) is 7.45. The van der Waals surface area contributed by atoms with Crippen LogP contribution in [0.3, 0.4) is 0 Å². The van der Waals surface area contributed by atoms with Gasteiger partial charge in [0.2, 0.25) is 0 Å². The van der Waals surface area contributed by atoms with Crippen molar-refractivity contribution < 1.29 is 24.2 Å². The second-order valence-electron chi connectivity index (χ2n) is 5.12. The van der Waals surface area contributed by atoms with Crippen LogP contribution in [0.25, 0.3) is 0 Å². The molecule has 2 rings (SSSR count). The van der Waals surface area contributed by atoms with Gasteiger partial charge in [0.25, 0.3) is 0 Å². The predicted molar refractivity (Wildman–Crippen MR) is 87.3 cm³/mol. The highest BCUT2D eigenvalue weighted by Crippen LogP contribution is 2.17. The van der Waals surface area contributed by atoms with Gasteiger partial charge in [0.05, 0.1) is 12.6 Å². The summed E-state index contributed by atoms with van der Waals surface area (Å²) in [6.07, 6.45) is -1.49. The average molecular weight is 329 g/mol. The molecule has 2 aromatic rings. The Morgan fingerprint density at radius 1 is 1.08 bits per heavy atom. The molecule has 0 spiro atoms. The average Bonchev–Trinajstić information content (AvgIpc) is 2.59. The van der Waals surface area contributed by atoms with Crippen molar-refractivity contribution >= 4 is 12.1 Å². The molecule has 24 heavy (non-hydrogen) atoms. The quantitative estimate of drug-likeness (QED) is 0.628. The van der Waals surface area contributed by atoms with Gasteiger partial charge in [-0.15, -0.1) is 0 Å². The van der Waals surface area contributed by atoms with E-state index in [4.69, 9.17) is 9.47 Å². The van der Waals surface area contributed by atoms with Crippen molar-refractivity contribution in [2.24, 2.45) is 0 Å². The first kappa shape index (κ1) is 17.5. The molecule has 0 unspecified atom stereocenters. The molecule has 1 atom stereocenters. The number of rotatable bonds is 6. The third-order valence-corrected chi connectivity index (χ3v) is 3.18. The lowest BCUT2D eigenvalue weighted by Crippen LogP contribution is -2.28. The van der Waals surface area contributed by atoms with Gasteiger partial charge in [-0.2, -0.15) is 0 Å². The second kappa shape index (κ2) is 8.69. The van der Waals surface area contributed by atoms with Gasteiger partial charge >= 0.3 is 12.1 Å². The van der Waals surface area contributed by atoms with Crippen LogP contribution in [0.2, 0.25) is 0 Å². The number of ether oxygens (including phenoxy) is 2. The van der Waals surface area contributed by atoms with Crippen molar-refractivity contribution in [2.45, 2.75) is 19.6 Å². The molecule has 0 saturated heterocycles. The van der Waals surface area contributed by atoms with E-state index in [2.05, 4.69) is 5.32 Å². The fourth-order valence-electron chi connectivity index (χ4n) is 2.00. The molecule has 0 saturated carbocycles. The molecule has 0 heterocycles. The summed E-state index contributed by atoms with van der Waals surface area (Å²) in [5.74, 6) is -0.0141. The Bertz CT molecular complexity index is 670. The van der Waals surface area contributed by atoms with Crippen molar-refractivity contribution in [1.82, 2.24) is 5.32 Å². The summed E-state index contributed by atoms with van der Waals surface area (Å²) in [6, 6.07) is 15.7. The fourth-order valence-corrected chi connectivity index (χ4v) is 2.00. The smallest absolute Gasteiger partial charge is 0.407 e. The van der Waals surface area contributed by atoms with Gasteiger partial charge in [-0.05, 0) is 23.3 Å². The van der Waals surface area contributed by atoms with Gasteiger partial charge in [-0.3, -0.25) is 4.79 Å². The van der Waals surface area contributed by atoms with Crippen LogP contribution >= 0.6 is 0 Å². The number of alkyl carbamates (subject to hydrolysis) is 1. The monoisotopic (exact) mass is 329 g/mol. The maximum Gasteiger partial charge on any atom is 0.407 e. The number of carbonyl (C=O) groups excluding carboxylic acids is 2.